The molecular formula is C34H32O16. The molecule has 2 heterocycles. The summed E-state index contributed by atoms with van der Waals surface area (Å²) in [4.78, 5) is 38.2. The molecule has 0 aliphatic carbocycles. The van der Waals surface area contributed by atoms with Crippen LogP contribution in [0.25, 0.3) is 28.4 Å². The van der Waals surface area contributed by atoms with E-state index in [0.717, 1.165) is 18.2 Å². The number of hydrogen-bond acceptors (Lipinski definition) is 15. The van der Waals surface area contributed by atoms with Gasteiger partial charge in [0.2, 0.25) is 11.5 Å². The van der Waals surface area contributed by atoms with Crippen molar-refractivity contribution in [3.8, 4) is 51.6 Å². The first-order chi connectivity index (χ1) is 23.8. The number of hydrogen-bond donors (Lipinski definition) is 6. The predicted octanol–water partition coefficient (Wildman–Crippen LogP) is 2.48. The summed E-state index contributed by atoms with van der Waals surface area (Å²) in [6.07, 6.45) is -7.19. The fourth-order valence-electron chi connectivity index (χ4n) is 5.45. The summed E-state index contributed by atoms with van der Waals surface area (Å²) in [7, 11) is 5.24. The van der Waals surface area contributed by atoms with Crippen molar-refractivity contribution in [1.29, 1.82) is 0 Å². The molecule has 50 heavy (non-hydrogen) atoms. The average Bonchev–Trinajstić information content (AvgIpc) is 3.09. The summed E-state index contributed by atoms with van der Waals surface area (Å²) in [5, 5.41) is 62.4. The zero-order chi connectivity index (χ0) is 36.4. The van der Waals surface area contributed by atoms with E-state index in [1.165, 1.54) is 64.8 Å². The molecule has 5 atom stereocenters. The van der Waals surface area contributed by atoms with Crippen LogP contribution in [-0.4, -0.2) is 95.4 Å². The largest absolute Gasteiger partial charge is 0.507 e. The molecule has 0 bridgehead atoms. The second-order valence-corrected chi connectivity index (χ2v) is 10.9. The van der Waals surface area contributed by atoms with Gasteiger partial charge in [0.25, 0.3) is 0 Å². The molecule has 264 valence electrons. The molecule has 4 aromatic rings. The first-order valence-corrected chi connectivity index (χ1v) is 14.7. The number of carbonyl (C=O) groups excluding carboxylic acids is 1. The minimum Gasteiger partial charge on any atom is -0.507 e. The summed E-state index contributed by atoms with van der Waals surface area (Å²) in [6, 6.07) is 8.89. The molecule has 16 nitrogen and oxygen atoms in total. The van der Waals surface area contributed by atoms with Crippen molar-refractivity contribution in [2.45, 2.75) is 30.5 Å². The zero-order valence-corrected chi connectivity index (χ0v) is 26.8. The fourth-order valence-corrected chi connectivity index (χ4v) is 5.45. The Kier molecular flexibility index (Phi) is 10.1. The lowest BCUT2D eigenvalue weighted by atomic mass is 9.90. The number of aliphatic hydroxyl groups excluding tert-OH is 2. The minimum atomic E-state index is -2.05. The third-order valence-corrected chi connectivity index (χ3v) is 7.92. The number of phenolic OH excluding ortho intramolecular Hbond substituents is 3. The van der Waals surface area contributed by atoms with Crippen LogP contribution in [0.15, 0.2) is 57.8 Å². The Labute approximate surface area is 282 Å². The average molecular weight is 697 g/mol. The van der Waals surface area contributed by atoms with Crippen LogP contribution < -0.4 is 24.4 Å². The van der Waals surface area contributed by atoms with Gasteiger partial charge in [-0.25, -0.2) is 9.59 Å². The topological polar surface area (TPSA) is 241 Å². The van der Waals surface area contributed by atoms with Gasteiger partial charge in [0.15, 0.2) is 40.6 Å². The maximum Gasteiger partial charge on any atom is 0.335 e. The van der Waals surface area contributed by atoms with Gasteiger partial charge in [-0.05, 0) is 53.6 Å². The summed E-state index contributed by atoms with van der Waals surface area (Å²) in [6.45, 7) is 0. The SMILES string of the molecule is COc1cc(/C=C/C(=O)O[C@@H]2[C@@H](O)[C@H](O)[C@@H](C(=O)O)O[C@H]2c2cc(O)c3c(=O)cc(-c4cc(OC)c(O)c(OC)c4)oc3c2)cc(OC)c1O. The number of esters is 1. The second kappa shape index (κ2) is 14.3. The quantitative estimate of drug-likeness (QED) is 0.103. The fraction of sp³-hybridized carbons (Fsp3) is 0.265. The lowest BCUT2D eigenvalue weighted by Crippen LogP contribution is -2.57. The number of ether oxygens (including phenoxy) is 6. The Morgan fingerprint density at radius 2 is 1.34 bits per heavy atom. The molecule has 0 saturated carbocycles. The summed E-state index contributed by atoms with van der Waals surface area (Å²) >= 11 is 0. The highest BCUT2D eigenvalue weighted by Gasteiger charge is 2.50. The Hall–Kier alpha value is -5.97. The van der Waals surface area contributed by atoms with Crippen molar-refractivity contribution in [2.75, 3.05) is 28.4 Å². The van der Waals surface area contributed by atoms with Gasteiger partial charge >= 0.3 is 11.9 Å². The van der Waals surface area contributed by atoms with Crippen LogP contribution in [0.3, 0.4) is 0 Å². The lowest BCUT2D eigenvalue weighted by molar-refractivity contribution is -0.236. The zero-order valence-electron chi connectivity index (χ0n) is 26.8. The Bertz CT molecular complexity index is 1980. The maximum atomic E-state index is 13.2. The number of benzene rings is 3. The highest BCUT2D eigenvalue weighted by atomic mass is 16.6. The monoisotopic (exact) mass is 696 g/mol. The number of rotatable bonds is 10. The molecule has 0 unspecified atom stereocenters. The van der Waals surface area contributed by atoms with Gasteiger partial charge in [-0.2, -0.15) is 0 Å². The molecular weight excluding hydrogens is 664 g/mol. The number of carboxylic acids is 1. The van der Waals surface area contributed by atoms with Gasteiger partial charge in [0.05, 0.1) is 28.4 Å². The molecule has 0 spiro atoms. The van der Waals surface area contributed by atoms with Crippen LogP contribution in [0.1, 0.15) is 17.2 Å². The third kappa shape index (κ3) is 6.67. The molecule has 1 aromatic heterocycles. The molecule has 0 radical (unpaired) electrons. The van der Waals surface area contributed by atoms with Crippen LogP contribution in [0.2, 0.25) is 0 Å². The Balaban J connectivity index is 1.55. The van der Waals surface area contributed by atoms with Gasteiger partial charge in [-0.3, -0.25) is 4.79 Å². The Morgan fingerprint density at radius 1 is 0.780 bits per heavy atom. The summed E-state index contributed by atoms with van der Waals surface area (Å²) in [5.41, 5.74) is -0.421. The third-order valence-electron chi connectivity index (χ3n) is 7.92. The molecule has 6 N–H and O–H groups in total. The molecule has 16 heteroatoms. The van der Waals surface area contributed by atoms with E-state index in [2.05, 4.69) is 0 Å². The van der Waals surface area contributed by atoms with Crippen molar-refractivity contribution in [3.05, 3.63) is 69.9 Å². The molecule has 1 aliphatic heterocycles. The van der Waals surface area contributed by atoms with Gasteiger partial charge in [-0.15, -0.1) is 0 Å². The molecule has 1 saturated heterocycles. The highest BCUT2D eigenvalue weighted by Crippen LogP contribution is 2.42. The maximum absolute atomic E-state index is 13.2. The van der Waals surface area contributed by atoms with E-state index in [1.807, 2.05) is 0 Å². The van der Waals surface area contributed by atoms with Crippen LogP contribution in [0.4, 0.5) is 0 Å². The number of carbonyl (C=O) groups is 2. The van der Waals surface area contributed by atoms with Crippen LogP contribution in [0, 0.1) is 0 Å². The molecule has 0 amide bonds. The van der Waals surface area contributed by atoms with E-state index < -0.39 is 53.6 Å². The second-order valence-electron chi connectivity index (χ2n) is 10.9. The van der Waals surface area contributed by atoms with Gasteiger partial charge in [-0.1, -0.05) is 0 Å². The van der Waals surface area contributed by atoms with Crippen molar-refractivity contribution in [3.63, 3.8) is 0 Å². The summed E-state index contributed by atoms with van der Waals surface area (Å²) in [5.74, 6) is -3.84. The number of methoxy groups -OCH3 is 4. The minimum absolute atomic E-state index is 0.00366. The number of aromatic hydroxyl groups is 3. The molecule has 1 fully saturated rings. The Morgan fingerprint density at radius 3 is 1.88 bits per heavy atom. The van der Waals surface area contributed by atoms with Gasteiger partial charge in [0.1, 0.15) is 40.8 Å². The van der Waals surface area contributed by atoms with Crippen molar-refractivity contribution < 1.29 is 73.1 Å². The predicted molar refractivity (Wildman–Crippen MR) is 172 cm³/mol. The highest BCUT2D eigenvalue weighted by molar-refractivity contribution is 5.88. The number of carboxylic acid groups (broad SMARTS) is 1. The first kappa shape index (κ1) is 35.3. The number of phenols is 3. The van der Waals surface area contributed by atoms with Crippen LogP contribution in [0.5, 0.6) is 40.2 Å². The number of aliphatic hydroxyl groups is 2. The van der Waals surface area contributed by atoms with Crippen molar-refractivity contribution >= 4 is 29.0 Å². The van der Waals surface area contributed by atoms with E-state index >= 15 is 0 Å². The van der Waals surface area contributed by atoms with Crippen LogP contribution >= 0.6 is 0 Å². The molecule has 5 rings (SSSR count). The first-order valence-electron chi connectivity index (χ1n) is 14.7. The van der Waals surface area contributed by atoms with E-state index in [1.54, 1.807) is 0 Å². The number of fused-ring (bicyclic) bond motifs is 1. The van der Waals surface area contributed by atoms with E-state index in [4.69, 9.17) is 32.8 Å². The lowest BCUT2D eigenvalue weighted by Gasteiger charge is -2.40. The van der Waals surface area contributed by atoms with E-state index in [-0.39, 0.29) is 62.4 Å². The van der Waals surface area contributed by atoms with Gasteiger partial charge < -0.3 is 63.5 Å². The summed E-state index contributed by atoms with van der Waals surface area (Å²) < 4.78 is 37.6. The van der Waals surface area contributed by atoms with Crippen LogP contribution in [-0.2, 0) is 19.1 Å². The van der Waals surface area contributed by atoms with Gasteiger partial charge in [0, 0.05) is 17.7 Å². The van der Waals surface area contributed by atoms with E-state index in [9.17, 15) is 45.0 Å². The normalized spacial score (nSPS) is 20.4. The molecule has 3 aromatic carbocycles. The smallest absolute Gasteiger partial charge is 0.335 e. The van der Waals surface area contributed by atoms with Crippen molar-refractivity contribution in [2.24, 2.45) is 0 Å². The number of aliphatic carboxylic acids is 1. The standard InChI is InChI=1S/C34H32O16/c1-44-21-7-14(8-22(45-2)27(21)38)5-6-25(37)49-32-29(40)30(41)33(34(42)43)50-31(32)16-9-17(35)26-18(36)13-19(48-20(26)12-16)15-10-23(46-3)28(39)24(11-15)47-4/h5-13,29-33,35,38-41H,1-4H3,(H,42,43)/b6-5+/t29-,30-,31-,32+,33-/m0/s1. The van der Waals surface area contributed by atoms with Crippen molar-refractivity contribution in [1.82, 2.24) is 0 Å². The van der Waals surface area contributed by atoms with E-state index in [0.29, 0.717) is 5.56 Å². The molecule has 1 aliphatic rings.